The summed E-state index contributed by atoms with van der Waals surface area (Å²) in [6.07, 6.45) is 0.890. The van der Waals surface area contributed by atoms with Gasteiger partial charge in [-0.1, -0.05) is 6.92 Å². The summed E-state index contributed by atoms with van der Waals surface area (Å²) in [7, 11) is 2.17. The molecule has 0 spiro atoms. The van der Waals surface area contributed by atoms with E-state index in [1.807, 2.05) is 0 Å². The van der Waals surface area contributed by atoms with Gasteiger partial charge in [0.15, 0.2) is 0 Å². The minimum absolute atomic E-state index is 0.238. The maximum atomic E-state index is 9.04. The van der Waals surface area contributed by atoms with Gasteiger partial charge in [-0.2, -0.15) is 0 Å². The van der Waals surface area contributed by atoms with Gasteiger partial charge in [-0.3, -0.25) is 4.90 Å². The Bertz CT molecular complexity index is 182. The molecule has 1 rings (SSSR count). The molecule has 0 saturated carbocycles. The molecule has 0 radical (unpaired) electrons. The number of nitrogens with zero attached hydrogens (tertiary/aromatic N) is 2. The van der Waals surface area contributed by atoms with Crippen LogP contribution in [0.3, 0.4) is 0 Å². The van der Waals surface area contributed by atoms with Gasteiger partial charge in [0.25, 0.3) is 0 Å². The second-order valence-corrected chi connectivity index (χ2v) is 4.96. The van der Waals surface area contributed by atoms with E-state index >= 15 is 0 Å². The molecule has 1 unspecified atom stereocenters. The second-order valence-electron chi connectivity index (χ2n) is 4.96. The average Bonchev–Trinajstić information content (AvgIpc) is 2.01. The van der Waals surface area contributed by atoms with Gasteiger partial charge in [-0.25, -0.2) is 0 Å². The molecule has 3 nitrogen and oxygen atoms in total. The van der Waals surface area contributed by atoms with Crippen LogP contribution < -0.4 is 0 Å². The number of hydrogen-bond acceptors (Lipinski definition) is 3. The van der Waals surface area contributed by atoms with Crippen molar-refractivity contribution < 1.29 is 5.11 Å². The first-order chi connectivity index (χ1) is 6.51. The molecule has 14 heavy (non-hydrogen) atoms. The monoisotopic (exact) mass is 200 g/mol. The molecule has 0 bridgehead atoms. The Labute approximate surface area is 87.7 Å². The van der Waals surface area contributed by atoms with Crippen LogP contribution in [0.25, 0.3) is 0 Å². The molecule has 1 aliphatic rings. The maximum absolute atomic E-state index is 9.04. The molecule has 0 aromatic rings. The Morgan fingerprint density at radius 1 is 1.43 bits per heavy atom. The molecule has 1 atom stereocenters. The molecule has 0 aliphatic carbocycles. The lowest BCUT2D eigenvalue weighted by molar-refractivity contribution is -0.0200. The summed E-state index contributed by atoms with van der Waals surface area (Å²) in [6, 6.07) is 0.513. The fourth-order valence-corrected chi connectivity index (χ4v) is 2.85. The summed E-state index contributed by atoms with van der Waals surface area (Å²) in [5.41, 5.74) is 0.238. The molecule has 0 amide bonds. The Morgan fingerprint density at radius 2 is 2.07 bits per heavy atom. The van der Waals surface area contributed by atoms with Crippen molar-refractivity contribution in [3.05, 3.63) is 0 Å². The van der Waals surface area contributed by atoms with Crippen molar-refractivity contribution in [2.24, 2.45) is 0 Å². The lowest BCUT2D eigenvalue weighted by atomic mass is 9.94. The van der Waals surface area contributed by atoms with E-state index in [4.69, 9.17) is 5.11 Å². The Kier molecular flexibility index (Phi) is 3.93. The van der Waals surface area contributed by atoms with E-state index in [1.54, 1.807) is 0 Å². The van der Waals surface area contributed by atoms with Crippen LogP contribution in [0.5, 0.6) is 0 Å². The third-order valence-electron chi connectivity index (χ3n) is 3.20. The number of aliphatic hydroxyl groups is 1. The highest BCUT2D eigenvalue weighted by molar-refractivity contribution is 4.93. The zero-order valence-corrected chi connectivity index (χ0v) is 9.95. The highest BCUT2D eigenvalue weighted by Gasteiger charge is 2.36. The van der Waals surface area contributed by atoms with Crippen LogP contribution in [0.15, 0.2) is 0 Å². The Morgan fingerprint density at radius 3 is 2.57 bits per heavy atom. The average molecular weight is 200 g/mol. The van der Waals surface area contributed by atoms with Crippen molar-refractivity contribution >= 4 is 0 Å². The van der Waals surface area contributed by atoms with Crippen LogP contribution in [-0.2, 0) is 0 Å². The summed E-state index contributed by atoms with van der Waals surface area (Å²) in [6.45, 7) is 10.3. The molecule has 1 aliphatic heterocycles. The first-order valence-electron chi connectivity index (χ1n) is 5.57. The molecule has 0 aromatic heterocycles. The van der Waals surface area contributed by atoms with E-state index in [9.17, 15) is 0 Å². The van der Waals surface area contributed by atoms with E-state index in [0.29, 0.717) is 12.6 Å². The summed E-state index contributed by atoms with van der Waals surface area (Å²) in [5, 5.41) is 9.04. The van der Waals surface area contributed by atoms with Crippen LogP contribution in [0.2, 0.25) is 0 Å². The van der Waals surface area contributed by atoms with Crippen LogP contribution in [-0.4, -0.2) is 59.8 Å². The van der Waals surface area contributed by atoms with E-state index in [1.165, 1.54) is 0 Å². The predicted octanol–water partition coefficient (Wildman–Crippen LogP) is 0.783. The van der Waals surface area contributed by atoms with E-state index < -0.39 is 0 Å². The smallest absolute Gasteiger partial charge is 0.0446 e. The van der Waals surface area contributed by atoms with Gasteiger partial charge in [0.05, 0.1) is 0 Å². The molecular formula is C11H24N2O. The first kappa shape index (κ1) is 12.0. The zero-order chi connectivity index (χ0) is 10.8. The third kappa shape index (κ3) is 2.47. The number of aliphatic hydroxyl groups excluding tert-OH is 1. The van der Waals surface area contributed by atoms with Gasteiger partial charge in [0.1, 0.15) is 0 Å². The summed E-state index contributed by atoms with van der Waals surface area (Å²) in [4.78, 5) is 4.88. The van der Waals surface area contributed by atoms with Gasteiger partial charge < -0.3 is 10.0 Å². The van der Waals surface area contributed by atoms with Gasteiger partial charge in [0, 0.05) is 31.3 Å². The Hall–Kier alpha value is -0.120. The molecule has 3 heteroatoms. The maximum Gasteiger partial charge on any atom is 0.0446 e. The third-order valence-corrected chi connectivity index (χ3v) is 3.20. The zero-order valence-electron chi connectivity index (χ0n) is 9.95. The number of likely N-dealkylation sites (N-methyl/N-ethyl adjacent to an activating group) is 2. The number of rotatable bonds is 3. The van der Waals surface area contributed by atoms with Crippen LogP contribution in [0, 0.1) is 0 Å². The topological polar surface area (TPSA) is 26.7 Å². The number of hydrogen-bond donors (Lipinski definition) is 1. The minimum Gasteiger partial charge on any atom is -0.396 e. The number of piperazine rings is 1. The van der Waals surface area contributed by atoms with E-state index in [0.717, 1.165) is 26.1 Å². The molecule has 1 heterocycles. The fourth-order valence-electron chi connectivity index (χ4n) is 2.85. The largest absolute Gasteiger partial charge is 0.396 e. The quantitative estimate of drug-likeness (QED) is 0.729. The summed E-state index contributed by atoms with van der Waals surface area (Å²) in [5.74, 6) is 0. The van der Waals surface area contributed by atoms with E-state index in [-0.39, 0.29) is 5.54 Å². The second kappa shape index (κ2) is 4.60. The van der Waals surface area contributed by atoms with Gasteiger partial charge in [0.2, 0.25) is 0 Å². The molecular weight excluding hydrogens is 176 g/mol. The lowest BCUT2D eigenvalue weighted by Crippen LogP contribution is -2.63. The Balaban J connectivity index is 2.71. The lowest BCUT2D eigenvalue weighted by Gasteiger charge is -2.50. The van der Waals surface area contributed by atoms with Crippen molar-refractivity contribution in [3.63, 3.8) is 0 Å². The van der Waals surface area contributed by atoms with E-state index in [2.05, 4.69) is 37.6 Å². The molecule has 84 valence electrons. The standard InChI is InChI=1S/C11H24N2O/c1-5-13-10(6-7-14)8-12(4)9-11(13,2)3/h10,14H,5-9H2,1-4H3. The summed E-state index contributed by atoms with van der Waals surface area (Å²) < 4.78 is 0. The fraction of sp³-hybridized carbons (Fsp3) is 1.00. The molecule has 1 N–H and O–H groups in total. The van der Waals surface area contributed by atoms with Crippen LogP contribution in [0.1, 0.15) is 27.2 Å². The van der Waals surface area contributed by atoms with Crippen molar-refractivity contribution in [1.29, 1.82) is 0 Å². The highest BCUT2D eigenvalue weighted by Crippen LogP contribution is 2.25. The van der Waals surface area contributed by atoms with Crippen molar-refractivity contribution in [2.45, 2.75) is 38.8 Å². The molecule has 1 saturated heterocycles. The molecule has 0 aromatic carbocycles. The molecule has 1 fully saturated rings. The van der Waals surface area contributed by atoms with Crippen molar-refractivity contribution in [1.82, 2.24) is 9.80 Å². The minimum atomic E-state index is 0.238. The van der Waals surface area contributed by atoms with Crippen molar-refractivity contribution in [2.75, 3.05) is 33.3 Å². The van der Waals surface area contributed by atoms with Crippen LogP contribution in [0.4, 0.5) is 0 Å². The first-order valence-corrected chi connectivity index (χ1v) is 5.57. The highest BCUT2D eigenvalue weighted by atomic mass is 16.3. The van der Waals surface area contributed by atoms with Gasteiger partial charge >= 0.3 is 0 Å². The van der Waals surface area contributed by atoms with Gasteiger partial charge in [-0.05, 0) is 33.9 Å². The normalized spacial score (nSPS) is 29.4. The SMILES string of the molecule is CCN1C(CCO)CN(C)CC1(C)C. The summed E-state index contributed by atoms with van der Waals surface area (Å²) >= 11 is 0. The van der Waals surface area contributed by atoms with Crippen LogP contribution >= 0.6 is 0 Å². The van der Waals surface area contributed by atoms with Gasteiger partial charge in [-0.15, -0.1) is 0 Å². The predicted molar refractivity (Wildman–Crippen MR) is 59.4 cm³/mol. The van der Waals surface area contributed by atoms with Crippen molar-refractivity contribution in [3.8, 4) is 0 Å².